The van der Waals surface area contributed by atoms with Crippen LogP contribution in [-0.4, -0.2) is 10.4 Å². The third kappa shape index (κ3) is 2.06. The van der Waals surface area contributed by atoms with Crippen molar-refractivity contribution in [3.05, 3.63) is 65.2 Å². The molecule has 3 aromatic rings. The quantitative estimate of drug-likeness (QED) is 0.530. The summed E-state index contributed by atoms with van der Waals surface area (Å²) < 4.78 is 6.98. The maximum absolute atomic E-state index is 12.4. The van der Waals surface area contributed by atoms with Crippen molar-refractivity contribution in [2.24, 2.45) is 7.05 Å². The minimum absolute atomic E-state index is 0.136. The zero-order valence-electron chi connectivity index (χ0n) is 10.8. The Morgan fingerprint density at radius 1 is 1.25 bits per heavy atom. The zero-order valence-corrected chi connectivity index (χ0v) is 11.6. The normalized spacial score (nSPS) is 11.5. The van der Waals surface area contributed by atoms with Crippen LogP contribution in [0.1, 0.15) is 16.1 Å². The van der Waals surface area contributed by atoms with E-state index in [1.54, 1.807) is 24.5 Å². The smallest absolute Gasteiger partial charge is 0.189 e. The molecule has 0 spiro atoms. The largest absolute Gasteiger partial charge is 0.465 e. The standard InChI is InChI=1S/C16H12ClNO2/c1-18-13-7-3-2-6-12(13)15(16(18)17)14(19)9-8-11-5-4-10-20-11/h2-10H,1H3/b9-8+. The highest BCUT2D eigenvalue weighted by atomic mass is 35.5. The van der Waals surface area contributed by atoms with Crippen molar-refractivity contribution in [3.8, 4) is 0 Å². The molecule has 0 aliphatic carbocycles. The van der Waals surface area contributed by atoms with Gasteiger partial charge in [0, 0.05) is 18.0 Å². The Bertz CT molecular complexity index is 797. The second kappa shape index (κ2) is 5.02. The molecule has 3 rings (SSSR count). The van der Waals surface area contributed by atoms with E-state index in [0.29, 0.717) is 16.5 Å². The van der Waals surface area contributed by atoms with Crippen LogP contribution in [-0.2, 0) is 7.05 Å². The molecule has 0 amide bonds. The van der Waals surface area contributed by atoms with Gasteiger partial charge in [0.2, 0.25) is 0 Å². The lowest BCUT2D eigenvalue weighted by molar-refractivity contribution is 0.104. The highest BCUT2D eigenvalue weighted by Crippen LogP contribution is 2.29. The summed E-state index contributed by atoms with van der Waals surface area (Å²) in [7, 11) is 1.84. The number of carbonyl (C=O) groups is 1. The second-order valence-electron chi connectivity index (χ2n) is 4.45. The Labute approximate surface area is 121 Å². The molecule has 2 aromatic heterocycles. The Hall–Kier alpha value is -2.26. The van der Waals surface area contributed by atoms with E-state index in [4.69, 9.17) is 16.0 Å². The monoisotopic (exact) mass is 285 g/mol. The second-order valence-corrected chi connectivity index (χ2v) is 4.81. The molecule has 0 fully saturated rings. The first-order valence-corrected chi connectivity index (χ1v) is 6.55. The number of benzene rings is 1. The summed E-state index contributed by atoms with van der Waals surface area (Å²) >= 11 is 6.28. The summed E-state index contributed by atoms with van der Waals surface area (Å²) in [5, 5.41) is 1.30. The van der Waals surface area contributed by atoms with Crippen LogP contribution in [0.4, 0.5) is 0 Å². The van der Waals surface area contributed by atoms with Crippen LogP contribution in [0, 0.1) is 0 Å². The first-order valence-electron chi connectivity index (χ1n) is 6.17. The molecular formula is C16H12ClNO2. The van der Waals surface area contributed by atoms with E-state index in [9.17, 15) is 4.79 Å². The van der Waals surface area contributed by atoms with Gasteiger partial charge >= 0.3 is 0 Å². The fourth-order valence-corrected chi connectivity index (χ4v) is 2.51. The molecule has 0 saturated heterocycles. The fraction of sp³-hybridized carbons (Fsp3) is 0.0625. The highest BCUT2D eigenvalue weighted by molar-refractivity contribution is 6.36. The maximum Gasteiger partial charge on any atom is 0.189 e. The topological polar surface area (TPSA) is 35.1 Å². The van der Waals surface area contributed by atoms with E-state index in [-0.39, 0.29) is 5.78 Å². The Kier molecular flexibility index (Phi) is 3.20. The average molecular weight is 286 g/mol. The maximum atomic E-state index is 12.4. The lowest BCUT2D eigenvalue weighted by Gasteiger charge is -1.96. The van der Waals surface area contributed by atoms with Gasteiger partial charge in [-0.25, -0.2) is 0 Å². The van der Waals surface area contributed by atoms with Gasteiger partial charge in [0.1, 0.15) is 10.9 Å². The van der Waals surface area contributed by atoms with Crippen molar-refractivity contribution < 1.29 is 9.21 Å². The van der Waals surface area contributed by atoms with Gasteiger partial charge in [0.25, 0.3) is 0 Å². The van der Waals surface area contributed by atoms with Crippen LogP contribution in [0.3, 0.4) is 0 Å². The van der Waals surface area contributed by atoms with E-state index in [2.05, 4.69) is 0 Å². The van der Waals surface area contributed by atoms with E-state index in [1.165, 1.54) is 6.08 Å². The number of furan rings is 1. The Morgan fingerprint density at radius 3 is 2.80 bits per heavy atom. The lowest BCUT2D eigenvalue weighted by Crippen LogP contribution is -1.95. The number of hydrogen-bond donors (Lipinski definition) is 0. The summed E-state index contributed by atoms with van der Waals surface area (Å²) in [6.45, 7) is 0. The van der Waals surface area contributed by atoms with E-state index in [0.717, 1.165) is 10.9 Å². The molecule has 20 heavy (non-hydrogen) atoms. The van der Waals surface area contributed by atoms with Crippen molar-refractivity contribution in [2.75, 3.05) is 0 Å². The van der Waals surface area contributed by atoms with E-state index in [1.807, 2.05) is 35.9 Å². The number of aromatic nitrogens is 1. The summed E-state index contributed by atoms with van der Waals surface area (Å²) in [5.41, 5.74) is 1.46. The van der Waals surface area contributed by atoms with Gasteiger partial charge in [-0.3, -0.25) is 4.79 Å². The van der Waals surface area contributed by atoms with Crippen molar-refractivity contribution in [1.82, 2.24) is 4.57 Å². The van der Waals surface area contributed by atoms with Crippen molar-refractivity contribution in [1.29, 1.82) is 0 Å². The van der Waals surface area contributed by atoms with Crippen molar-refractivity contribution in [3.63, 3.8) is 0 Å². The zero-order chi connectivity index (χ0) is 14.1. The molecule has 0 radical (unpaired) electrons. The SMILES string of the molecule is Cn1c(Cl)c(C(=O)/C=C/c2ccco2)c2ccccc21. The fourth-order valence-electron chi connectivity index (χ4n) is 2.22. The number of para-hydroxylation sites is 1. The Morgan fingerprint density at radius 2 is 2.05 bits per heavy atom. The summed E-state index contributed by atoms with van der Waals surface area (Å²) in [5.74, 6) is 0.498. The van der Waals surface area contributed by atoms with Crippen LogP contribution in [0.5, 0.6) is 0 Å². The van der Waals surface area contributed by atoms with Gasteiger partial charge < -0.3 is 8.98 Å². The number of carbonyl (C=O) groups excluding carboxylic acids is 1. The van der Waals surface area contributed by atoms with Gasteiger partial charge in [-0.05, 0) is 30.4 Å². The van der Waals surface area contributed by atoms with Gasteiger partial charge in [-0.1, -0.05) is 29.8 Å². The van der Waals surface area contributed by atoms with Crippen LogP contribution >= 0.6 is 11.6 Å². The van der Waals surface area contributed by atoms with Crippen LogP contribution < -0.4 is 0 Å². The summed E-state index contributed by atoms with van der Waals surface area (Å²) in [4.78, 5) is 12.4. The molecule has 0 N–H and O–H groups in total. The molecule has 4 heteroatoms. The molecule has 0 aliphatic heterocycles. The molecule has 0 aliphatic rings. The first-order chi connectivity index (χ1) is 9.68. The third-order valence-corrected chi connectivity index (χ3v) is 3.67. The summed E-state index contributed by atoms with van der Waals surface area (Å²) in [6.07, 6.45) is 4.68. The predicted molar refractivity (Wildman–Crippen MR) is 80.0 cm³/mol. The molecule has 3 nitrogen and oxygen atoms in total. The van der Waals surface area contributed by atoms with Gasteiger partial charge in [-0.15, -0.1) is 0 Å². The molecule has 0 saturated carbocycles. The highest BCUT2D eigenvalue weighted by Gasteiger charge is 2.17. The molecule has 0 unspecified atom stereocenters. The number of halogens is 1. The van der Waals surface area contributed by atoms with Gasteiger partial charge in [0.15, 0.2) is 5.78 Å². The number of fused-ring (bicyclic) bond motifs is 1. The molecule has 100 valence electrons. The van der Waals surface area contributed by atoms with Crippen molar-refractivity contribution in [2.45, 2.75) is 0 Å². The lowest BCUT2D eigenvalue weighted by atomic mass is 10.1. The average Bonchev–Trinajstić information content (AvgIpc) is 3.05. The first kappa shape index (κ1) is 12.8. The van der Waals surface area contributed by atoms with Crippen LogP contribution in [0.25, 0.3) is 17.0 Å². The van der Waals surface area contributed by atoms with Crippen LogP contribution in [0.2, 0.25) is 5.15 Å². The molecular weight excluding hydrogens is 274 g/mol. The van der Waals surface area contributed by atoms with E-state index >= 15 is 0 Å². The van der Waals surface area contributed by atoms with Gasteiger partial charge in [0.05, 0.1) is 11.8 Å². The third-order valence-electron chi connectivity index (χ3n) is 3.22. The molecule has 0 atom stereocenters. The number of aryl methyl sites for hydroxylation is 1. The number of rotatable bonds is 3. The van der Waals surface area contributed by atoms with Gasteiger partial charge in [-0.2, -0.15) is 0 Å². The number of ketones is 1. The predicted octanol–water partition coefficient (Wildman–Crippen LogP) is 4.32. The molecule has 0 bridgehead atoms. The Balaban J connectivity index is 2.06. The number of hydrogen-bond acceptors (Lipinski definition) is 2. The molecule has 1 aromatic carbocycles. The number of nitrogens with zero attached hydrogens (tertiary/aromatic N) is 1. The van der Waals surface area contributed by atoms with Crippen molar-refractivity contribution >= 4 is 34.4 Å². The molecule has 2 heterocycles. The number of allylic oxidation sites excluding steroid dienone is 1. The minimum atomic E-state index is -0.136. The summed E-state index contributed by atoms with van der Waals surface area (Å²) in [6, 6.07) is 11.2. The van der Waals surface area contributed by atoms with Crippen LogP contribution in [0.15, 0.2) is 53.2 Å². The minimum Gasteiger partial charge on any atom is -0.465 e. The van der Waals surface area contributed by atoms with E-state index < -0.39 is 0 Å².